The van der Waals surface area contributed by atoms with Crippen LogP contribution < -0.4 is 0 Å². The van der Waals surface area contributed by atoms with E-state index in [0.717, 1.165) is 89.9 Å². The lowest BCUT2D eigenvalue weighted by molar-refractivity contribution is -0.167. The van der Waals surface area contributed by atoms with Gasteiger partial charge in [0.15, 0.2) is 6.10 Å². The van der Waals surface area contributed by atoms with E-state index in [9.17, 15) is 14.4 Å². The van der Waals surface area contributed by atoms with Gasteiger partial charge in [0.25, 0.3) is 0 Å². The number of carbonyl (C=O) groups excluding carboxylic acids is 3. The van der Waals surface area contributed by atoms with Gasteiger partial charge in [-0.05, 0) is 89.9 Å². The Hall–Kier alpha value is -4.97. The minimum Gasteiger partial charge on any atom is -0.462 e. The standard InChI is InChI=1S/C55H80O6/c1-4-7-10-13-16-19-22-25-26-27-28-31-33-36-39-42-45-48-54(57)60-51-52(61-55(58)49-46-43-40-37-34-30-24-21-18-15-12-9-6-3)50-59-53(56)47-44-41-38-35-32-29-23-20-17-14-11-8-5-2/h7-12,14-21,23-26,28,30-31,34,36-37,39-40,52H,4-6,13,22,27,29,32-33,35,38,41-51H2,1-3H3/b10-7+,11-8+,12-9+,17-14+,18-15+,19-16+,23-20+,24-21+,26-25+,31-28+,34-30+,39-36+,40-37+. The number of ether oxygens (including phenoxy) is 3. The molecule has 1 unspecified atom stereocenters. The van der Waals surface area contributed by atoms with Gasteiger partial charge in [-0.1, -0.05) is 198 Å². The normalized spacial score (nSPS) is 13.6. The van der Waals surface area contributed by atoms with Gasteiger partial charge in [0.1, 0.15) is 13.2 Å². The largest absolute Gasteiger partial charge is 0.462 e. The maximum atomic E-state index is 12.7. The highest BCUT2D eigenvalue weighted by Gasteiger charge is 2.19. The van der Waals surface area contributed by atoms with Crippen molar-refractivity contribution in [1.82, 2.24) is 0 Å². The molecule has 0 aromatic heterocycles. The number of carbonyl (C=O) groups is 3. The summed E-state index contributed by atoms with van der Waals surface area (Å²) >= 11 is 0. The molecule has 0 aromatic rings. The van der Waals surface area contributed by atoms with Crippen LogP contribution in [0.2, 0.25) is 0 Å². The smallest absolute Gasteiger partial charge is 0.306 e. The molecule has 0 amide bonds. The van der Waals surface area contributed by atoms with E-state index in [1.807, 2.05) is 60.8 Å². The summed E-state index contributed by atoms with van der Waals surface area (Å²) in [5.41, 5.74) is 0. The van der Waals surface area contributed by atoms with Gasteiger partial charge in [-0.3, -0.25) is 14.4 Å². The maximum absolute atomic E-state index is 12.7. The SMILES string of the molecule is CC/C=C/C=C/C=C/C=C/C=C/CCCC(=O)OC(COC(=O)CCC/C=C/C/C=C/C/C=C/C/C=C/C/C=C/CC)COC(=O)CCCCCCC/C=C/C=C/C=C/CC. The third kappa shape index (κ3) is 46.0. The highest BCUT2D eigenvalue weighted by atomic mass is 16.6. The van der Waals surface area contributed by atoms with Gasteiger partial charge in [-0.15, -0.1) is 0 Å². The average molecular weight is 837 g/mol. The van der Waals surface area contributed by atoms with Crippen LogP contribution in [0, 0.1) is 0 Å². The fraction of sp³-hybridized carbons (Fsp3) is 0.473. The van der Waals surface area contributed by atoms with Gasteiger partial charge < -0.3 is 14.2 Å². The van der Waals surface area contributed by atoms with Crippen molar-refractivity contribution in [2.75, 3.05) is 13.2 Å². The number of hydrogen-bond donors (Lipinski definition) is 0. The summed E-state index contributed by atoms with van der Waals surface area (Å²) in [7, 11) is 0. The molecular formula is C55H80O6. The van der Waals surface area contributed by atoms with E-state index in [1.54, 1.807) is 0 Å². The summed E-state index contributed by atoms with van der Waals surface area (Å²) in [5, 5.41) is 0. The fourth-order valence-electron chi connectivity index (χ4n) is 5.33. The molecule has 0 aliphatic rings. The molecule has 0 saturated heterocycles. The summed E-state index contributed by atoms with van der Waals surface area (Å²) < 4.78 is 16.6. The summed E-state index contributed by atoms with van der Waals surface area (Å²) in [6.07, 6.45) is 69.5. The topological polar surface area (TPSA) is 78.9 Å². The van der Waals surface area contributed by atoms with Crippen molar-refractivity contribution < 1.29 is 28.6 Å². The first-order valence-corrected chi connectivity index (χ1v) is 23.1. The summed E-state index contributed by atoms with van der Waals surface area (Å²) in [6.45, 7) is 6.07. The van der Waals surface area contributed by atoms with Gasteiger partial charge in [-0.25, -0.2) is 0 Å². The lowest BCUT2D eigenvalue weighted by Crippen LogP contribution is -2.30. The molecule has 0 aromatic carbocycles. The number of allylic oxidation sites excluding steroid dienone is 26. The Morgan fingerprint density at radius 2 is 0.689 bits per heavy atom. The Morgan fingerprint density at radius 3 is 1.18 bits per heavy atom. The molecule has 0 radical (unpaired) electrons. The van der Waals surface area contributed by atoms with Crippen LogP contribution in [-0.4, -0.2) is 37.2 Å². The fourth-order valence-corrected chi connectivity index (χ4v) is 5.33. The molecule has 0 aliphatic carbocycles. The molecule has 0 N–H and O–H groups in total. The maximum Gasteiger partial charge on any atom is 0.306 e. The lowest BCUT2D eigenvalue weighted by atomic mass is 10.1. The molecule has 61 heavy (non-hydrogen) atoms. The van der Waals surface area contributed by atoms with Crippen LogP contribution >= 0.6 is 0 Å². The van der Waals surface area contributed by atoms with Crippen molar-refractivity contribution in [3.63, 3.8) is 0 Å². The average Bonchev–Trinajstić information content (AvgIpc) is 3.26. The molecule has 0 fully saturated rings. The zero-order valence-corrected chi connectivity index (χ0v) is 38.1. The zero-order valence-electron chi connectivity index (χ0n) is 38.1. The van der Waals surface area contributed by atoms with E-state index in [4.69, 9.17) is 14.2 Å². The van der Waals surface area contributed by atoms with Gasteiger partial charge >= 0.3 is 17.9 Å². The highest BCUT2D eigenvalue weighted by Crippen LogP contribution is 2.10. The van der Waals surface area contributed by atoms with E-state index < -0.39 is 12.1 Å². The molecule has 0 saturated carbocycles. The van der Waals surface area contributed by atoms with Gasteiger partial charge in [0.05, 0.1) is 0 Å². The molecule has 1 atom stereocenters. The van der Waals surface area contributed by atoms with Crippen LogP contribution in [0.25, 0.3) is 0 Å². The van der Waals surface area contributed by atoms with Crippen molar-refractivity contribution in [3.05, 3.63) is 158 Å². The van der Waals surface area contributed by atoms with Crippen LogP contribution in [0.1, 0.15) is 149 Å². The quantitative estimate of drug-likeness (QED) is 0.0203. The predicted molar refractivity (Wildman–Crippen MR) is 260 cm³/mol. The third-order valence-corrected chi connectivity index (χ3v) is 8.70. The van der Waals surface area contributed by atoms with Crippen LogP contribution in [0.15, 0.2) is 158 Å². The van der Waals surface area contributed by atoms with E-state index in [0.29, 0.717) is 25.7 Å². The van der Waals surface area contributed by atoms with E-state index in [2.05, 4.69) is 118 Å². The van der Waals surface area contributed by atoms with Crippen LogP contribution in [0.4, 0.5) is 0 Å². The predicted octanol–water partition coefficient (Wildman–Crippen LogP) is 15.1. The van der Waals surface area contributed by atoms with Crippen molar-refractivity contribution in [1.29, 1.82) is 0 Å². The lowest BCUT2D eigenvalue weighted by Gasteiger charge is -2.18. The molecule has 0 heterocycles. The monoisotopic (exact) mass is 837 g/mol. The first-order chi connectivity index (χ1) is 30.0. The van der Waals surface area contributed by atoms with Gasteiger partial charge in [0.2, 0.25) is 0 Å². The number of esters is 3. The number of rotatable bonds is 38. The minimum absolute atomic E-state index is 0.144. The number of hydrogen-bond acceptors (Lipinski definition) is 6. The first kappa shape index (κ1) is 56.0. The molecular weight excluding hydrogens is 757 g/mol. The molecule has 336 valence electrons. The van der Waals surface area contributed by atoms with E-state index >= 15 is 0 Å². The Kier molecular flexibility index (Phi) is 43.8. The van der Waals surface area contributed by atoms with Crippen molar-refractivity contribution in [2.45, 2.75) is 155 Å². The second kappa shape index (κ2) is 47.7. The zero-order chi connectivity index (χ0) is 44.4. The molecule has 6 heteroatoms. The molecule has 6 nitrogen and oxygen atoms in total. The minimum atomic E-state index is -0.853. The van der Waals surface area contributed by atoms with Crippen molar-refractivity contribution >= 4 is 17.9 Å². The van der Waals surface area contributed by atoms with Crippen molar-refractivity contribution in [3.8, 4) is 0 Å². The third-order valence-electron chi connectivity index (χ3n) is 8.70. The van der Waals surface area contributed by atoms with Gasteiger partial charge in [-0.2, -0.15) is 0 Å². The Morgan fingerprint density at radius 1 is 0.344 bits per heavy atom. The second-order valence-electron chi connectivity index (χ2n) is 14.3. The highest BCUT2D eigenvalue weighted by molar-refractivity contribution is 5.71. The summed E-state index contributed by atoms with van der Waals surface area (Å²) in [6, 6.07) is 0. The number of unbranched alkanes of at least 4 members (excludes halogenated alkanes) is 7. The molecule has 0 bridgehead atoms. The summed E-state index contributed by atoms with van der Waals surface area (Å²) in [4.78, 5) is 37.8. The summed E-state index contributed by atoms with van der Waals surface area (Å²) in [5.74, 6) is -1.12. The van der Waals surface area contributed by atoms with E-state index in [1.165, 1.54) is 0 Å². The molecule has 0 aliphatic heterocycles. The van der Waals surface area contributed by atoms with Crippen molar-refractivity contribution in [2.24, 2.45) is 0 Å². The molecule has 0 rings (SSSR count). The van der Waals surface area contributed by atoms with Crippen LogP contribution in [0.5, 0.6) is 0 Å². The van der Waals surface area contributed by atoms with Crippen LogP contribution in [-0.2, 0) is 28.6 Å². The second-order valence-corrected chi connectivity index (χ2v) is 14.3. The Labute approximate surface area is 371 Å². The molecule has 0 spiro atoms. The Bertz CT molecular complexity index is 1470. The first-order valence-electron chi connectivity index (χ1n) is 23.1. The van der Waals surface area contributed by atoms with Gasteiger partial charge in [0, 0.05) is 19.3 Å². The van der Waals surface area contributed by atoms with E-state index in [-0.39, 0.29) is 38.0 Å². The van der Waals surface area contributed by atoms with Crippen LogP contribution in [0.3, 0.4) is 0 Å². The Balaban J connectivity index is 4.66.